The highest BCUT2D eigenvalue weighted by Gasteiger charge is 2.32. The lowest BCUT2D eigenvalue weighted by Gasteiger charge is -2.39. The third-order valence-corrected chi connectivity index (χ3v) is 6.17. The quantitative estimate of drug-likeness (QED) is 0.443. The van der Waals surface area contributed by atoms with Gasteiger partial charge in [0.1, 0.15) is 0 Å². The number of urea groups is 1. The van der Waals surface area contributed by atoms with E-state index in [1.54, 1.807) is 21.9 Å². The number of anilines is 2. The van der Waals surface area contributed by atoms with Gasteiger partial charge >= 0.3 is 12.2 Å². The summed E-state index contributed by atoms with van der Waals surface area (Å²) >= 11 is 0. The predicted molar refractivity (Wildman–Crippen MR) is 129 cm³/mol. The Morgan fingerprint density at radius 3 is 2.31 bits per heavy atom. The molecule has 1 heterocycles. The highest BCUT2D eigenvalue weighted by molar-refractivity contribution is 6.07. The lowest BCUT2D eigenvalue weighted by Crippen LogP contribution is -2.50. The molecule has 1 unspecified atom stereocenters. The Balaban J connectivity index is 1.58. The summed E-state index contributed by atoms with van der Waals surface area (Å²) in [5.74, 6) is -0.551. The molecule has 182 valence electrons. The second-order valence-corrected chi connectivity index (χ2v) is 8.62. The minimum atomic E-state index is -4.48. The van der Waals surface area contributed by atoms with Crippen LogP contribution in [0.1, 0.15) is 46.4 Å². The number of carbonyl (C=O) groups excluding carboxylic acids is 2. The van der Waals surface area contributed by atoms with Crippen molar-refractivity contribution in [2.75, 3.05) is 23.3 Å². The smallest absolute Gasteiger partial charge is 0.320 e. The molecule has 1 saturated heterocycles. The minimum absolute atomic E-state index is 0.0924. The largest absolute Gasteiger partial charge is 0.416 e. The van der Waals surface area contributed by atoms with Crippen LogP contribution in [-0.2, 0) is 6.18 Å². The predicted octanol–water partition coefficient (Wildman–Crippen LogP) is 6.66. The van der Waals surface area contributed by atoms with E-state index in [1.165, 1.54) is 0 Å². The molecular formula is C27H26F3N3O2. The van der Waals surface area contributed by atoms with Crippen molar-refractivity contribution < 1.29 is 22.8 Å². The van der Waals surface area contributed by atoms with Gasteiger partial charge in [0.25, 0.3) is 5.91 Å². The lowest BCUT2D eigenvalue weighted by molar-refractivity contribution is -0.137. The molecule has 35 heavy (non-hydrogen) atoms. The van der Waals surface area contributed by atoms with E-state index in [2.05, 4.69) is 5.32 Å². The minimum Gasteiger partial charge on any atom is -0.320 e. The molecule has 3 amide bonds. The molecule has 0 spiro atoms. The van der Waals surface area contributed by atoms with Gasteiger partial charge in [-0.05, 0) is 67.8 Å². The highest BCUT2D eigenvalue weighted by Crippen LogP contribution is 2.33. The number of alkyl halides is 3. The molecule has 3 aromatic carbocycles. The first-order chi connectivity index (χ1) is 16.6. The van der Waals surface area contributed by atoms with Crippen LogP contribution in [0.25, 0.3) is 0 Å². The average Bonchev–Trinajstić information content (AvgIpc) is 2.84. The molecule has 8 heteroatoms. The third kappa shape index (κ3) is 5.31. The van der Waals surface area contributed by atoms with Crippen LogP contribution in [0.3, 0.4) is 0 Å². The molecule has 1 N–H and O–H groups in total. The summed E-state index contributed by atoms with van der Waals surface area (Å²) < 4.78 is 38.6. The fraction of sp³-hybridized carbons (Fsp3) is 0.259. The normalized spacial score (nSPS) is 15.2. The molecule has 4 rings (SSSR count). The zero-order valence-electron chi connectivity index (χ0n) is 19.5. The Bertz CT molecular complexity index is 1210. The van der Waals surface area contributed by atoms with Crippen molar-refractivity contribution in [3.05, 3.63) is 95.1 Å². The summed E-state index contributed by atoms with van der Waals surface area (Å²) in [6, 6.07) is 18.9. The van der Waals surface area contributed by atoms with E-state index in [0.29, 0.717) is 24.5 Å². The van der Waals surface area contributed by atoms with Gasteiger partial charge in [-0.3, -0.25) is 9.69 Å². The number of nitrogens with zero attached hydrogens (tertiary/aromatic N) is 2. The van der Waals surface area contributed by atoms with Crippen molar-refractivity contribution >= 4 is 23.3 Å². The van der Waals surface area contributed by atoms with E-state index < -0.39 is 17.6 Å². The molecule has 5 nitrogen and oxygen atoms in total. The van der Waals surface area contributed by atoms with Crippen molar-refractivity contribution in [1.29, 1.82) is 0 Å². The van der Waals surface area contributed by atoms with Crippen LogP contribution in [0, 0.1) is 6.92 Å². The Hall–Kier alpha value is -3.81. The molecular weight excluding hydrogens is 455 g/mol. The van der Waals surface area contributed by atoms with Crippen LogP contribution in [0.15, 0.2) is 72.8 Å². The number of carbonyl (C=O) groups is 2. The van der Waals surface area contributed by atoms with Gasteiger partial charge in [-0.1, -0.05) is 36.4 Å². The number of rotatable bonds is 5. The van der Waals surface area contributed by atoms with Crippen LogP contribution < -0.4 is 10.2 Å². The molecule has 1 atom stereocenters. The first-order valence-corrected chi connectivity index (χ1v) is 11.4. The zero-order valence-corrected chi connectivity index (χ0v) is 19.5. The van der Waals surface area contributed by atoms with Crippen LogP contribution >= 0.6 is 0 Å². The number of hydrogen-bond acceptors (Lipinski definition) is 2. The van der Waals surface area contributed by atoms with Crippen molar-refractivity contribution in [1.82, 2.24) is 4.90 Å². The Labute approximate surface area is 202 Å². The average molecular weight is 482 g/mol. The van der Waals surface area contributed by atoms with Gasteiger partial charge < -0.3 is 10.2 Å². The first-order valence-electron chi connectivity index (χ1n) is 11.4. The summed E-state index contributed by atoms with van der Waals surface area (Å²) in [5.41, 5.74) is 2.15. The highest BCUT2D eigenvalue weighted by atomic mass is 19.4. The van der Waals surface area contributed by atoms with Crippen molar-refractivity contribution in [2.45, 2.75) is 32.5 Å². The summed E-state index contributed by atoms with van der Waals surface area (Å²) in [5, 5.41) is 2.79. The van der Waals surface area contributed by atoms with Crippen LogP contribution in [-0.4, -0.2) is 29.9 Å². The molecule has 1 fully saturated rings. The third-order valence-electron chi connectivity index (χ3n) is 6.17. The molecule has 0 bridgehead atoms. The van der Waals surface area contributed by atoms with Gasteiger partial charge in [-0.2, -0.15) is 13.2 Å². The zero-order chi connectivity index (χ0) is 25.2. The standard InChI is InChI=1S/C27H26F3N3O2/c1-18-9-14-24(23(17-18)31-25(34)21-10-12-22(13-11-21)27(28,29)30)33-16-6-15-32(26(33)35)19(2)20-7-4-3-5-8-20/h3-5,7-14,17,19H,6,15-16H2,1-2H3,(H,31,34). The van der Waals surface area contributed by atoms with E-state index in [1.807, 2.05) is 50.2 Å². The van der Waals surface area contributed by atoms with Crippen molar-refractivity contribution in [2.24, 2.45) is 0 Å². The maximum atomic E-state index is 13.5. The Kier molecular flexibility index (Phi) is 6.82. The molecule has 0 radical (unpaired) electrons. The molecule has 0 saturated carbocycles. The van der Waals surface area contributed by atoms with Gasteiger partial charge in [0, 0.05) is 18.7 Å². The topological polar surface area (TPSA) is 52.6 Å². The number of amides is 3. The molecule has 0 aliphatic carbocycles. The van der Waals surface area contributed by atoms with Gasteiger partial charge in [-0.15, -0.1) is 0 Å². The van der Waals surface area contributed by atoms with E-state index in [0.717, 1.165) is 41.8 Å². The second kappa shape index (κ2) is 9.82. The van der Waals surface area contributed by atoms with Gasteiger partial charge in [0.15, 0.2) is 0 Å². The Morgan fingerprint density at radius 1 is 0.971 bits per heavy atom. The SMILES string of the molecule is Cc1ccc(N2CCCN(C(C)c3ccccc3)C2=O)c(NC(=O)c2ccc(C(F)(F)F)cc2)c1. The van der Waals surface area contributed by atoms with Gasteiger partial charge in [0.05, 0.1) is 23.0 Å². The summed E-state index contributed by atoms with van der Waals surface area (Å²) in [7, 11) is 0. The molecule has 1 aliphatic heterocycles. The lowest BCUT2D eigenvalue weighted by atomic mass is 10.1. The molecule has 0 aromatic heterocycles. The van der Waals surface area contributed by atoms with E-state index >= 15 is 0 Å². The maximum absolute atomic E-state index is 13.5. The fourth-order valence-electron chi connectivity index (χ4n) is 4.23. The van der Waals surface area contributed by atoms with E-state index in [4.69, 9.17) is 0 Å². The summed E-state index contributed by atoms with van der Waals surface area (Å²) in [4.78, 5) is 29.8. The monoisotopic (exact) mass is 481 g/mol. The van der Waals surface area contributed by atoms with E-state index in [-0.39, 0.29) is 17.6 Å². The molecule has 1 aliphatic rings. The van der Waals surface area contributed by atoms with Gasteiger partial charge in [0.2, 0.25) is 0 Å². The van der Waals surface area contributed by atoms with Gasteiger partial charge in [-0.25, -0.2) is 4.79 Å². The second-order valence-electron chi connectivity index (χ2n) is 8.62. The van der Waals surface area contributed by atoms with Crippen molar-refractivity contribution in [3.8, 4) is 0 Å². The number of halogens is 3. The van der Waals surface area contributed by atoms with Crippen LogP contribution in [0.4, 0.5) is 29.3 Å². The van der Waals surface area contributed by atoms with Crippen LogP contribution in [0.2, 0.25) is 0 Å². The summed E-state index contributed by atoms with van der Waals surface area (Å²) in [6.07, 6.45) is -3.72. The number of aryl methyl sites for hydroxylation is 1. The van der Waals surface area contributed by atoms with Crippen molar-refractivity contribution in [3.63, 3.8) is 0 Å². The number of benzene rings is 3. The number of hydrogen-bond donors (Lipinski definition) is 1. The summed E-state index contributed by atoms with van der Waals surface area (Å²) in [6.45, 7) is 4.95. The van der Waals surface area contributed by atoms with E-state index in [9.17, 15) is 22.8 Å². The van der Waals surface area contributed by atoms with Crippen LogP contribution in [0.5, 0.6) is 0 Å². The number of nitrogens with one attached hydrogen (secondary N) is 1. The fourth-order valence-corrected chi connectivity index (χ4v) is 4.23. The molecule has 3 aromatic rings. The first kappa shape index (κ1) is 24.3. The maximum Gasteiger partial charge on any atom is 0.416 e. The Morgan fingerprint density at radius 2 is 1.66 bits per heavy atom.